The Hall–Kier alpha value is -1.32. The standard InChI is InChI=1S/C17H25NO2/c1-12(2)10-18-11-17-13(3)15-9-14(7-8-19-4)5-6-16(15)20-17/h5-6,9,12,18H,7-8,10-11H2,1-4H3. The van der Waals surface area contributed by atoms with Crippen LogP contribution in [-0.2, 0) is 17.7 Å². The normalized spacial score (nSPS) is 11.7. The van der Waals surface area contributed by atoms with Crippen LogP contribution in [0.2, 0.25) is 0 Å². The highest BCUT2D eigenvalue weighted by Gasteiger charge is 2.10. The fourth-order valence-electron chi connectivity index (χ4n) is 2.34. The Labute approximate surface area is 121 Å². The molecule has 1 aromatic heterocycles. The van der Waals surface area contributed by atoms with Gasteiger partial charge in [-0.15, -0.1) is 0 Å². The van der Waals surface area contributed by atoms with Crippen LogP contribution in [0.3, 0.4) is 0 Å². The summed E-state index contributed by atoms with van der Waals surface area (Å²) in [5, 5.41) is 4.66. The third-order valence-corrected chi connectivity index (χ3v) is 3.53. The van der Waals surface area contributed by atoms with Gasteiger partial charge in [-0.3, -0.25) is 0 Å². The number of hydrogen-bond acceptors (Lipinski definition) is 3. The molecule has 0 saturated heterocycles. The monoisotopic (exact) mass is 275 g/mol. The van der Waals surface area contributed by atoms with Crippen molar-refractivity contribution >= 4 is 11.0 Å². The van der Waals surface area contributed by atoms with Crippen molar-refractivity contribution in [3.05, 3.63) is 35.1 Å². The van der Waals surface area contributed by atoms with Crippen molar-refractivity contribution in [3.8, 4) is 0 Å². The number of rotatable bonds is 7. The van der Waals surface area contributed by atoms with Gasteiger partial charge in [0.25, 0.3) is 0 Å². The van der Waals surface area contributed by atoms with E-state index in [1.807, 2.05) is 0 Å². The van der Waals surface area contributed by atoms with Crippen LogP contribution in [0.15, 0.2) is 22.6 Å². The Morgan fingerprint density at radius 3 is 2.80 bits per heavy atom. The summed E-state index contributed by atoms with van der Waals surface area (Å²) in [5.74, 6) is 1.70. The van der Waals surface area contributed by atoms with Crippen LogP contribution in [0, 0.1) is 12.8 Å². The molecule has 110 valence electrons. The topological polar surface area (TPSA) is 34.4 Å². The predicted octanol–water partition coefficient (Wildman–Crippen LogP) is 3.68. The number of fused-ring (bicyclic) bond motifs is 1. The first kappa shape index (κ1) is 15.1. The molecule has 0 aliphatic carbocycles. The average Bonchev–Trinajstić information content (AvgIpc) is 2.73. The molecule has 2 aromatic rings. The first-order valence-electron chi connectivity index (χ1n) is 7.32. The van der Waals surface area contributed by atoms with Crippen LogP contribution < -0.4 is 5.32 Å². The van der Waals surface area contributed by atoms with Gasteiger partial charge in [0.15, 0.2) is 0 Å². The van der Waals surface area contributed by atoms with E-state index >= 15 is 0 Å². The van der Waals surface area contributed by atoms with Gasteiger partial charge in [-0.1, -0.05) is 19.9 Å². The molecule has 0 aliphatic heterocycles. The van der Waals surface area contributed by atoms with Gasteiger partial charge in [-0.25, -0.2) is 0 Å². The number of ether oxygens (including phenoxy) is 1. The summed E-state index contributed by atoms with van der Waals surface area (Å²) in [6.45, 7) is 9.12. The Morgan fingerprint density at radius 2 is 2.10 bits per heavy atom. The molecule has 2 rings (SSSR count). The maximum atomic E-state index is 5.95. The first-order chi connectivity index (χ1) is 9.61. The quantitative estimate of drug-likeness (QED) is 0.837. The second-order valence-electron chi connectivity index (χ2n) is 5.75. The van der Waals surface area contributed by atoms with E-state index in [2.05, 4.69) is 44.3 Å². The summed E-state index contributed by atoms with van der Waals surface area (Å²) in [5.41, 5.74) is 3.52. The highest BCUT2D eigenvalue weighted by molar-refractivity contribution is 5.82. The molecule has 0 aliphatic rings. The van der Waals surface area contributed by atoms with Crippen molar-refractivity contribution in [1.82, 2.24) is 5.32 Å². The molecular weight excluding hydrogens is 250 g/mol. The molecule has 1 N–H and O–H groups in total. The van der Waals surface area contributed by atoms with E-state index in [0.29, 0.717) is 5.92 Å². The minimum absolute atomic E-state index is 0.653. The number of methoxy groups -OCH3 is 1. The molecule has 0 unspecified atom stereocenters. The minimum atomic E-state index is 0.653. The van der Waals surface area contributed by atoms with Gasteiger partial charge in [0.2, 0.25) is 0 Å². The Kier molecular flexibility index (Phi) is 5.21. The number of nitrogens with one attached hydrogen (secondary N) is 1. The lowest BCUT2D eigenvalue weighted by Crippen LogP contribution is -2.18. The molecule has 20 heavy (non-hydrogen) atoms. The summed E-state index contributed by atoms with van der Waals surface area (Å²) in [7, 11) is 1.74. The van der Waals surface area contributed by atoms with E-state index in [1.165, 1.54) is 16.5 Å². The summed E-state index contributed by atoms with van der Waals surface area (Å²) in [6, 6.07) is 6.41. The van der Waals surface area contributed by atoms with E-state index in [1.54, 1.807) is 7.11 Å². The van der Waals surface area contributed by atoms with E-state index in [9.17, 15) is 0 Å². The lowest BCUT2D eigenvalue weighted by atomic mass is 10.1. The second kappa shape index (κ2) is 6.91. The van der Waals surface area contributed by atoms with Gasteiger partial charge in [0, 0.05) is 12.5 Å². The minimum Gasteiger partial charge on any atom is -0.459 e. The zero-order valence-electron chi connectivity index (χ0n) is 13.0. The van der Waals surface area contributed by atoms with Gasteiger partial charge in [-0.05, 0) is 49.1 Å². The van der Waals surface area contributed by atoms with Gasteiger partial charge in [0.05, 0.1) is 13.2 Å². The van der Waals surface area contributed by atoms with Crippen molar-refractivity contribution in [1.29, 1.82) is 0 Å². The van der Waals surface area contributed by atoms with Crippen LogP contribution in [0.1, 0.15) is 30.7 Å². The third-order valence-electron chi connectivity index (χ3n) is 3.53. The fraction of sp³-hybridized carbons (Fsp3) is 0.529. The predicted molar refractivity (Wildman–Crippen MR) is 83.1 cm³/mol. The fourth-order valence-corrected chi connectivity index (χ4v) is 2.34. The van der Waals surface area contributed by atoms with Gasteiger partial charge in [-0.2, -0.15) is 0 Å². The highest BCUT2D eigenvalue weighted by atomic mass is 16.5. The molecule has 3 nitrogen and oxygen atoms in total. The van der Waals surface area contributed by atoms with E-state index < -0.39 is 0 Å². The molecule has 1 heterocycles. The summed E-state index contributed by atoms with van der Waals surface area (Å²) >= 11 is 0. The van der Waals surface area contributed by atoms with Crippen LogP contribution in [-0.4, -0.2) is 20.3 Å². The van der Waals surface area contributed by atoms with Gasteiger partial charge < -0.3 is 14.5 Å². The Balaban J connectivity index is 2.15. The number of aryl methyl sites for hydroxylation is 1. The SMILES string of the molecule is COCCc1ccc2oc(CNCC(C)C)c(C)c2c1. The van der Waals surface area contributed by atoms with Crippen LogP contribution >= 0.6 is 0 Å². The number of hydrogen-bond donors (Lipinski definition) is 1. The third kappa shape index (κ3) is 3.62. The first-order valence-corrected chi connectivity index (χ1v) is 7.32. The lowest BCUT2D eigenvalue weighted by molar-refractivity contribution is 0.202. The van der Waals surface area contributed by atoms with Crippen molar-refractivity contribution in [2.75, 3.05) is 20.3 Å². The van der Waals surface area contributed by atoms with E-state index in [-0.39, 0.29) is 0 Å². The average molecular weight is 275 g/mol. The largest absolute Gasteiger partial charge is 0.459 e. The van der Waals surface area contributed by atoms with Crippen molar-refractivity contribution < 1.29 is 9.15 Å². The molecule has 0 atom stereocenters. The molecule has 0 spiro atoms. The summed E-state index contributed by atoms with van der Waals surface area (Å²) < 4.78 is 11.1. The number of furan rings is 1. The highest BCUT2D eigenvalue weighted by Crippen LogP contribution is 2.26. The molecule has 0 saturated carbocycles. The molecular formula is C17H25NO2. The lowest BCUT2D eigenvalue weighted by Gasteiger charge is -2.05. The zero-order valence-corrected chi connectivity index (χ0v) is 13.0. The molecule has 0 amide bonds. The second-order valence-corrected chi connectivity index (χ2v) is 5.75. The zero-order chi connectivity index (χ0) is 14.5. The summed E-state index contributed by atoms with van der Waals surface area (Å²) in [4.78, 5) is 0. The van der Waals surface area contributed by atoms with Crippen LogP contribution in [0.4, 0.5) is 0 Å². The smallest absolute Gasteiger partial charge is 0.134 e. The van der Waals surface area contributed by atoms with Crippen molar-refractivity contribution in [3.63, 3.8) is 0 Å². The Morgan fingerprint density at radius 1 is 1.30 bits per heavy atom. The van der Waals surface area contributed by atoms with E-state index in [0.717, 1.165) is 37.5 Å². The molecule has 1 aromatic carbocycles. The maximum Gasteiger partial charge on any atom is 0.134 e. The number of benzene rings is 1. The van der Waals surface area contributed by atoms with E-state index in [4.69, 9.17) is 9.15 Å². The molecule has 0 fully saturated rings. The van der Waals surface area contributed by atoms with Crippen molar-refractivity contribution in [2.24, 2.45) is 5.92 Å². The van der Waals surface area contributed by atoms with Crippen LogP contribution in [0.5, 0.6) is 0 Å². The Bertz CT molecular complexity index is 557. The maximum absolute atomic E-state index is 5.95. The summed E-state index contributed by atoms with van der Waals surface area (Å²) in [6.07, 6.45) is 0.942. The molecule has 3 heteroatoms. The molecule has 0 bridgehead atoms. The van der Waals surface area contributed by atoms with Crippen molar-refractivity contribution in [2.45, 2.75) is 33.7 Å². The van der Waals surface area contributed by atoms with Gasteiger partial charge in [0.1, 0.15) is 11.3 Å². The van der Waals surface area contributed by atoms with Gasteiger partial charge >= 0.3 is 0 Å². The molecule has 0 radical (unpaired) electrons. The van der Waals surface area contributed by atoms with Crippen LogP contribution in [0.25, 0.3) is 11.0 Å².